The van der Waals surface area contributed by atoms with Gasteiger partial charge in [0.25, 0.3) is 5.91 Å². The van der Waals surface area contributed by atoms with Crippen molar-refractivity contribution in [2.75, 3.05) is 11.5 Å². The second-order valence-electron chi connectivity index (χ2n) is 5.52. The fourth-order valence-corrected chi connectivity index (χ4v) is 3.78. The maximum Gasteiger partial charge on any atom is 0.325 e. The minimum absolute atomic E-state index is 0.101. The normalized spacial score (nSPS) is 26.1. The largest absolute Gasteiger partial charge is 0.443 e. The molecule has 0 aromatic carbocycles. The highest BCUT2D eigenvalue weighted by molar-refractivity contribution is 7.99. The molecule has 20 heavy (non-hydrogen) atoms. The third-order valence-electron chi connectivity index (χ3n) is 3.70. The quantitative estimate of drug-likeness (QED) is 0.859. The molecule has 1 aromatic heterocycles. The summed E-state index contributed by atoms with van der Waals surface area (Å²) in [7, 11) is 0. The monoisotopic (exact) mass is 295 g/mol. The van der Waals surface area contributed by atoms with Crippen LogP contribution in [-0.2, 0) is 11.3 Å². The van der Waals surface area contributed by atoms with Crippen LogP contribution in [0.1, 0.15) is 37.8 Å². The number of nitrogens with one attached hydrogen (secondary N) is 1. The first-order chi connectivity index (χ1) is 9.52. The topological polar surface area (TPSA) is 75.4 Å². The first kappa shape index (κ1) is 13.5. The lowest BCUT2D eigenvalue weighted by Crippen LogP contribution is -2.46. The van der Waals surface area contributed by atoms with Crippen LogP contribution in [0, 0.1) is 0 Å². The van der Waals surface area contributed by atoms with E-state index >= 15 is 0 Å². The molecule has 2 aliphatic rings. The Labute approximate surface area is 121 Å². The highest BCUT2D eigenvalue weighted by Gasteiger charge is 2.53. The van der Waals surface area contributed by atoms with Gasteiger partial charge in [-0.3, -0.25) is 9.69 Å². The molecule has 3 heterocycles. The molecule has 6 nitrogen and oxygen atoms in total. The number of urea groups is 1. The van der Waals surface area contributed by atoms with E-state index in [9.17, 15) is 9.59 Å². The van der Waals surface area contributed by atoms with E-state index < -0.39 is 5.54 Å². The third-order valence-corrected chi connectivity index (χ3v) is 4.89. The fraction of sp³-hybridized carbons (Fsp3) is 0.615. The van der Waals surface area contributed by atoms with Crippen molar-refractivity contribution in [1.29, 1.82) is 0 Å². The molecular weight excluding hydrogens is 278 g/mol. The zero-order valence-electron chi connectivity index (χ0n) is 11.5. The predicted octanol–water partition coefficient (Wildman–Crippen LogP) is 1.73. The maximum atomic E-state index is 12.4. The maximum absolute atomic E-state index is 12.4. The van der Waals surface area contributed by atoms with Crippen LogP contribution in [-0.4, -0.2) is 38.9 Å². The van der Waals surface area contributed by atoms with Crippen molar-refractivity contribution >= 4 is 23.7 Å². The van der Waals surface area contributed by atoms with Gasteiger partial charge in [-0.2, -0.15) is 11.8 Å². The van der Waals surface area contributed by atoms with Crippen LogP contribution in [0.5, 0.6) is 0 Å². The lowest BCUT2D eigenvalue weighted by Gasteiger charge is -2.18. The third kappa shape index (κ3) is 2.09. The van der Waals surface area contributed by atoms with E-state index in [2.05, 4.69) is 10.3 Å². The Morgan fingerprint density at radius 3 is 2.95 bits per heavy atom. The van der Waals surface area contributed by atoms with Gasteiger partial charge in [-0.25, -0.2) is 9.78 Å². The van der Waals surface area contributed by atoms with Crippen LogP contribution in [0.3, 0.4) is 0 Å². The molecule has 2 saturated heterocycles. The van der Waals surface area contributed by atoms with E-state index in [-0.39, 0.29) is 24.4 Å². The molecule has 2 fully saturated rings. The molecule has 3 amide bonds. The number of thioether (sulfide) groups is 1. The summed E-state index contributed by atoms with van der Waals surface area (Å²) in [5, 5.41) is 2.83. The van der Waals surface area contributed by atoms with Gasteiger partial charge < -0.3 is 9.73 Å². The summed E-state index contributed by atoms with van der Waals surface area (Å²) < 4.78 is 5.56. The number of hydrogen-bond acceptors (Lipinski definition) is 5. The number of aromatic nitrogens is 1. The average Bonchev–Trinajstić information content (AvgIpc) is 3.08. The van der Waals surface area contributed by atoms with Gasteiger partial charge >= 0.3 is 6.03 Å². The average molecular weight is 295 g/mol. The van der Waals surface area contributed by atoms with Crippen molar-refractivity contribution in [3.05, 3.63) is 17.8 Å². The van der Waals surface area contributed by atoms with E-state index in [1.165, 1.54) is 4.90 Å². The number of rotatable bonds is 3. The molecule has 1 atom stereocenters. The Morgan fingerprint density at radius 2 is 2.35 bits per heavy atom. The molecule has 7 heteroatoms. The van der Waals surface area contributed by atoms with E-state index in [4.69, 9.17) is 4.42 Å². The van der Waals surface area contributed by atoms with E-state index in [1.807, 2.05) is 13.8 Å². The molecule has 1 N–H and O–H groups in total. The molecule has 108 valence electrons. The van der Waals surface area contributed by atoms with Gasteiger partial charge in [-0.05, 0) is 12.2 Å². The number of nitrogens with zero attached hydrogens (tertiary/aromatic N) is 2. The standard InChI is InChI=1S/C13H17N3O3S/c1-8(2)9-5-14-10(19-9)6-16-11(17)13(15-12(16)18)3-4-20-7-13/h5,8H,3-4,6-7H2,1-2H3,(H,15,18)/t13-/m1/s1. The van der Waals surface area contributed by atoms with Crippen LogP contribution >= 0.6 is 11.8 Å². The molecule has 0 bridgehead atoms. The second kappa shape index (κ2) is 4.80. The molecule has 1 aromatic rings. The Morgan fingerprint density at radius 1 is 1.55 bits per heavy atom. The molecule has 0 unspecified atom stereocenters. The zero-order valence-corrected chi connectivity index (χ0v) is 12.3. The molecule has 0 radical (unpaired) electrons. The SMILES string of the molecule is CC(C)c1cnc(CN2C(=O)N[C@@]3(CCSC3)C2=O)o1. The van der Waals surface area contributed by atoms with E-state index in [0.717, 1.165) is 11.5 Å². The predicted molar refractivity (Wildman–Crippen MR) is 74.3 cm³/mol. The number of amides is 3. The summed E-state index contributed by atoms with van der Waals surface area (Å²) >= 11 is 1.69. The zero-order chi connectivity index (χ0) is 14.3. The fourth-order valence-electron chi connectivity index (χ4n) is 2.45. The molecule has 0 saturated carbocycles. The Hall–Kier alpha value is -1.50. The van der Waals surface area contributed by atoms with Crippen LogP contribution in [0.25, 0.3) is 0 Å². The smallest absolute Gasteiger partial charge is 0.325 e. The van der Waals surface area contributed by atoms with Crippen molar-refractivity contribution in [1.82, 2.24) is 15.2 Å². The number of imide groups is 1. The van der Waals surface area contributed by atoms with Crippen LogP contribution in [0.15, 0.2) is 10.6 Å². The molecule has 3 rings (SSSR count). The van der Waals surface area contributed by atoms with Gasteiger partial charge in [0.05, 0.1) is 6.20 Å². The first-order valence-electron chi connectivity index (χ1n) is 6.68. The van der Waals surface area contributed by atoms with Gasteiger partial charge in [0.2, 0.25) is 5.89 Å². The van der Waals surface area contributed by atoms with Gasteiger partial charge in [0, 0.05) is 11.7 Å². The molecule has 1 spiro atoms. The number of carbonyl (C=O) groups is 2. The number of hydrogen-bond donors (Lipinski definition) is 1. The summed E-state index contributed by atoms with van der Waals surface area (Å²) in [6.45, 7) is 4.11. The first-order valence-corrected chi connectivity index (χ1v) is 7.84. The van der Waals surface area contributed by atoms with Crippen molar-refractivity contribution < 1.29 is 14.0 Å². The summed E-state index contributed by atoms with van der Waals surface area (Å²) in [5.41, 5.74) is -0.699. The second-order valence-corrected chi connectivity index (χ2v) is 6.62. The Bertz CT molecular complexity index is 549. The number of oxazole rings is 1. The molecule has 2 aliphatic heterocycles. The minimum Gasteiger partial charge on any atom is -0.443 e. The summed E-state index contributed by atoms with van der Waals surface area (Å²) in [4.78, 5) is 29.8. The lowest BCUT2D eigenvalue weighted by molar-refractivity contribution is -0.131. The Kier molecular flexibility index (Phi) is 3.24. The molecular formula is C13H17N3O3S. The Balaban J connectivity index is 1.76. The summed E-state index contributed by atoms with van der Waals surface area (Å²) in [6, 6.07) is -0.346. The van der Waals surface area contributed by atoms with Crippen molar-refractivity contribution in [2.24, 2.45) is 0 Å². The van der Waals surface area contributed by atoms with E-state index in [0.29, 0.717) is 18.1 Å². The minimum atomic E-state index is -0.699. The van der Waals surface area contributed by atoms with Crippen LogP contribution in [0.2, 0.25) is 0 Å². The van der Waals surface area contributed by atoms with Crippen molar-refractivity contribution in [3.8, 4) is 0 Å². The van der Waals surface area contributed by atoms with Crippen molar-refractivity contribution in [3.63, 3.8) is 0 Å². The molecule has 0 aliphatic carbocycles. The van der Waals surface area contributed by atoms with Gasteiger partial charge in [0.15, 0.2) is 0 Å². The van der Waals surface area contributed by atoms with Crippen molar-refractivity contribution in [2.45, 2.75) is 38.3 Å². The van der Waals surface area contributed by atoms with Crippen LogP contribution in [0.4, 0.5) is 4.79 Å². The summed E-state index contributed by atoms with van der Waals surface area (Å²) in [5.74, 6) is 2.79. The van der Waals surface area contributed by atoms with Gasteiger partial charge in [0.1, 0.15) is 17.8 Å². The highest BCUT2D eigenvalue weighted by Crippen LogP contribution is 2.34. The van der Waals surface area contributed by atoms with Gasteiger partial charge in [-0.15, -0.1) is 0 Å². The lowest BCUT2D eigenvalue weighted by atomic mass is 9.99. The summed E-state index contributed by atoms with van der Waals surface area (Å²) in [6.07, 6.45) is 2.35. The highest BCUT2D eigenvalue weighted by atomic mass is 32.2. The van der Waals surface area contributed by atoms with E-state index in [1.54, 1.807) is 18.0 Å². The number of carbonyl (C=O) groups excluding carboxylic acids is 2. The van der Waals surface area contributed by atoms with Gasteiger partial charge in [-0.1, -0.05) is 13.8 Å². The van der Waals surface area contributed by atoms with Crippen LogP contribution < -0.4 is 5.32 Å².